The van der Waals surface area contributed by atoms with Crippen LogP contribution in [0.2, 0.25) is 0 Å². The summed E-state index contributed by atoms with van der Waals surface area (Å²) in [7, 11) is 1.47. The van der Waals surface area contributed by atoms with Crippen molar-refractivity contribution in [2.24, 2.45) is 0 Å². The first-order chi connectivity index (χ1) is 17.1. The van der Waals surface area contributed by atoms with Gasteiger partial charge in [-0.3, -0.25) is 9.59 Å². The van der Waals surface area contributed by atoms with Crippen LogP contribution in [-0.2, 0) is 9.53 Å². The number of ether oxygens (including phenoxy) is 3. The number of rotatable bonds is 10. The van der Waals surface area contributed by atoms with E-state index in [1.54, 1.807) is 36.4 Å². The molecule has 7 nitrogen and oxygen atoms in total. The Balaban J connectivity index is 1.54. The second-order valence-corrected chi connectivity index (χ2v) is 8.15. The highest BCUT2D eigenvalue weighted by Gasteiger charge is 2.31. The van der Waals surface area contributed by atoms with Crippen molar-refractivity contribution in [3.8, 4) is 11.5 Å². The molecule has 0 aliphatic carbocycles. The molecule has 3 rings (SSSR count). The van der Waals surface area contributed by atoms with Crippen LogP contribution < -0.4 is 14.8 Å². The highest BCUT2D eigenvalue weighted by atomic mass is 32.2. The molecule has 1 amide bonds. The van der Waals surface area contributed by atoms with E-state index in [2.05, 4.69) is 10.1 Å². The van der Waals surface area contributed by atoms with Crippen molar-refractivity contribution >= 4 is 35.1 Å². The Labute approximate surface area is 208 Å². The number of anilines is 1. The van der Waals surface area contributed by atoms with Crippen molar-refractivity contribution in [3.63, 3.8) is 0 Å². The molecule has 0 aromatic heterocycles. The fourth-order valence-electron chi connectivity index (χ4n) is 2.93. The average molecular weight is 519 g/mol. The summed E-state index contributed by atoms with van der Waals surface area (Å²) in [4.78, 5) is 37.7. The van der Waals surface area contributed by atoms with Gasteiger partial charge in [-0.2, -0.15) is 0 Å². The van der Waals surface area contributed by atoms with Crippen LogP contribution in [0.4, 0.5) is 18.9 Å². The normalized spacial score (nSPS) is 10.9. The van der Waals surface area contributed by atoms with Crippen LogP contribution in [0.1, 0.15) is 20.7 Å². The van der Waals surface area contributed by atoms with Crippen LogP contribution in [0.3, 0.4) is 0 Å². The molecule has 0 aliphatic rings. The Morgan fingerprint density at radius 3 is 2.33 bits per heavy atom. The second kappa shape index (κ2) is 12.1. The number of carbonyl (C=O) groups is 3. The molecule has 0 fully saturated rings. The average Bonchev–Trinajstić information content (AvgIpc) is 2.86. The molecule has 0 aliphatic heterocycles. The van der Waals surface area contributed by atoms with E-state index in [0.717, 1.165) is 23.9 Å². The number of thioether (sulfide) groups is 1. The molecule has 0 bridgehead atoms. The predicted molar refractivity (Wildman–Crippen MR) is 127 cm³/mol. The summed E-state index contributed by atoms with van der Waals surface area (Å²) in [6, 6.07) is 17.6. The zero-order chi connectivity index (χ0) is 26.1. The fraction of sp³-hybridized carbons (Fsp3) is 0.160. The number of hydrogen-bond donors (Lipinski definition) is 1. The topological polar surface area (TPSA) is 90.9 Å². The lowest BCUT2D eigenvalue weighted by atomic mass is 10.1. The van der Waals surface area contributed by atoms with E-state index in [1.165, 1.54) is 31.4 Å². The quantitative estimate of drug-likeness (QED) is 0.219. The van der Waals surface area contributed by atoms with Gasteiger partial charge in [0.2, 0.25) is 5.91 Å². The van der Waals surface area contributed by atoms with Crippen LogP contribution >= 0.6 is 11.8 Å². The zero-order valence-corrected chi connectivity index (χ0v) is 19.7. The fourth-order valence-corrected chi connectivity index (χ4v) is 3.77. The number of ketones is 1. The number of esters is 1. The first-order valence-corrected chi connectivity index (χ1v) is 11.3. The van der Waals surface area contributed by atoms with E-state index in [1.807, 2.05) is 0 Å². The Morgan fingerprint density at radius 2 is 1.64 bits per heavy atom. The summed E-state index contributed by atoms with van der Waals surface area (Å²) in [5.74, 6) is -1.58. The summed E-state index contributed by atoms with van der Waals surface area (Å²) in [6.07, 6.45) is -4.81. The van der Waals surface area contributed by atoms with Crippen molar-refractivity contribution in [2.45, 2.75) is 11.3 Å². The summed E-state index contributed by atoms with van der Waals surface area (Å²) < 4.78 is 50.8. The monoisotopic (exact) mass is 519 g/mol. The van der Waals surface area contributed by atoms with Gasteiger partial charge >= 0.3 is 12.3 Å². The molecule has 0 unspecified atom stereocenters. The molecule has 1 N–H and O–H groups in total. The molecule has 3 aromatic carbocycles. The molecule has 0 atom stereocenters. The van der Waals surface area contributed by atoms with E-state index in [4.69, 9.17) is 9.47 Å². The first kappa shape index (κ1) is 26.6. The van der Waals surface area contributed by atoms with Crippen molar-refractivity contribution in [1.29, 1.82) is 0 Å². The summed E-state index contributed by atoms with van der Waals surface area (Å²) in [5.41, 5.74) is 0.792. The maximum absolute atomic E-state index is 12.6. The highest BCUT2D eigenvalue weighted by Crippen LogP contribution is 2.26. The Kier molecular flexibility index (Phi) is 8.96. The van der Waals surface area contributed by atoms with Crippen LogP contribution in [0, 0.1) is 0 Å². The molecule has 3 aromatic rings. The number of carbonyl (C=O) groups excluding carboxylic acids is 3. The van der Waals surface area contributed by atoms with Crippen molar-refractivity contribution in [2.75, 3.05) is 24.8 Å². The van der Waals surface area contributed by atoms with Gasteiger partial charge in [-0.05, 0) is 48.5 Å². The smallest absolute Gasteiger partial charge is 0.497 e. The van der Waals surface area contributed by atoms with Gasteiger partial charge in [-0.15, -0.1) is 24.9 Å². The van der Waals surface area contributed by atoms with E-state index < -0.39 is 36.4 Å². The molecule has 36 heavy (non-hydrogen) atoms. The number of hydrogen-bond acceptors (Lipinski definition) is 7. The van der Waals surface area contributed by atoms with Gasteiger partial charge in [0.05, 0.1) is 18.4 Å². The van der Waals surface area contributed by atoms with Gasteiger partial charge in [0.15, 0.2) is 12.4 Å². The number of nitrogens with one attached hydrogen (secondary N) is 1. The molecule has 188 valence electrons. The standard InChI is InChI=1S/C25H20F3NO6S/c1-33-19-6-4-5-16(13-19)21(30)14-34-24(32)20-7-2-3-8-22(20)36-15-23(31)29-17-9-11-18(12-10-17)35-25(26,27)28/h2-13H,14-15H2,1H3,(H,29,31). The Morgan fingerprint density at radius 1 is 0.917 bits per heavy atom. The molecule has 0 radical (unpaired) electrons. The van der Waals surface area contributed by atoms with Gasteiger partial charge < -0.3 is 19.5 Å². The third-order valence-electron chi connectivity index (χ3n) is 4.56. The molecule has 0 heterocycles. The van der Waals surface area contributed by atoms with Crippen molar-refractivity contribution in [3.05, 3.63) is 83.9 Å². The van der Waals surface area contributed by atoms with Gasteiger partial charge in [-0.25, -0.2) is 4.79 Å². The molecule has 0 saturated carbocycles. The molecular weight excluding hydrogens is 499 g/mol. The minimum Gasteiger partial charge on any atom is -0.497 e. The van der Waals surface area contributed by atoms with Crippen LogP contribution in [0.25, 0.3) is 0 Å². The van der Waals surface area contributed by atoms with Crippen LogP contribution in [-0.4, -0.2) is 43.5 Å². The lowest BCUT2D eigenvalue weighted by Crippen LogP contribution is -2.17. The number of Topliss-reactive ketones (excluding diaryl/α,β-unsaturated/α-hetero) is 1. The SMILES string of the molecule is COc1cccc(C(=O)COC(=O)c2ccccc2SCC(=O)Nc2ccc(OC(F)(F)F)cc2)c1. The van der Waals surface area contributed by atoms with Gasteiger partial charge in [0.25, 0.3) is 0 Å². The van der Waals surface area contributed by atoms with E-state index >= 15 is 0 Å². The Hall–Kier alpha value is -3.99. The summed E-state index contributed by atoms with van der Waals surface area (Å²) >= 11 is 1.06. The van der Waals surface area contributed by atoms with Gasteiger partial charge in [-0.1, -0.05) is 24.3 Å². The van der Waals surface area contributed by atoms with Crippen LogP contribution in [0.5, 0.6) is 11.5 Å². The molecule has 0 spiro atoms. The number of benzene rings is 3. The minimum atomic E-state index is -4.81. The Bertz CT molecular complexity index is 1230. The second-order valence-electron chi connectivity index (χ2n) is 7.14. The van der Waals surface area contributed by atoms with E-state index in [0.29, 0.717) is 16.2 Å². The summed E-state index contributed by atoms with van der Waals surface area (Å²) in [6.45, 7) is -0.473. The predicted octanol–water partition coefficient (Wildman–Crippen LogP) is 5.36. The third kappa shape index (κ3) is 8.05. The van der Waals surface area contributed by atoms with E-state index in [-0.39, 0.29) is 17.0 Å². The van der Waals surface area contributed by atoms with Crippen molar-refractivity contribution in [1.82, 2.24) is 0 Å². The minimum absolute atomic E-state index is 0.0894. The van der Waals surface area contributed by atoms with Gasteiger partial charge in [0.1, 0.15) is 11.5 Å². The largest absolute Gasteiger partial charge is 0.573 e. The molecule has 0 saturated heterocycles. The van der Waals surface area contributed by atoms with Gasteiger partial charge in [0, 0.05) is 16.1 Å². The number of alkyl halides is 3. The van der Waals surface area contributed by atoms with Crippen LogP contribution in [0.15, 0.2) is 77.7 Å². The lowest BCUT2D eigenvalue weighted by molar-refractivity contribution is -0.274. The molecule has 11 heteroatoms. The maximum atomic E-state index is 12.6. The number of halogens is 3. The third-order valence-corrected chi connectivity index (χ3v) is 5.64. The summed E-state index contributed by atoms with van der Waals surface area (Å²) in [5, 5.41) is 2.55. The first-order valence-electron chi connectivity index (χ1n) is 10.4. The lowest BCUT2D eigenvalue weighted by Gasteiger charge is -2.11. The number of methoxy groups -OCH3 is 1. The zero-order valence-electron chi connectivity index (χ0n) is 18.8. The van der Waals surface area contributed by atoms with E-state index in [9.17, 15) is 27.6 Å². The highest BCUT2D eigenvalue weighted by molar-refractivity contribution is 8.00. The molecular formula is C25H20F3NO6S. The number of amides is 1. The van der Waals surface area contributed by atoms with Crippen molar-refractivity contribution < 1.29 is 41.8 Å². The maximum Gasteiger partial charge on any atom is 0.573 e.